The Morgan fingerprint density at radius 3 is 3.05 bits per heavy atom. The standard InChI is InChI=1S/C16H18N2O2S/c1-20-10-11-5-4-6-12(9-11)15(19)18-16-17-13-7-2-3-8-14(13)21-16/h4-6,9H,2-3,7-8,10H2,1H3,(H,17,18,19). The topological polar surface area (TPSA) is 51.2 Å². The van der Waals surface area contributed by atoms with Crippen molar-refractivity contribution in [1.82, 2.24) is 4.98 Å². The second-order valence-electron chi connectivity index (χ2n) is 5.18. The SMILES string of the molecule is COCc1cccc(C(=O)Nc2nc3c(s2)CCCC3)c1. The van der Waals surface area contributed by atoms with Crippen LogP contribution in [0.1, 0.15) is 39.3 Å². The summed E-state index contributed by atoms with van der Waals surface area (Å²) in [5.74, 6) is -0.112. The quantitative estimate of drug-likeness (QED) is 0.941. The maximum Gasteiger partial charge on any atom is 0.257 e. The molecule has 0 unspecified atom stereocenters. The molecule has 3 rings (SSSR count). The molecule has 0 fully saturated rings. The van der Waals surface area contributed by atoms with Gasteiger partial charge in [-0.15, -0.1) is 11.3 Å². The number of hydrogen-bond donors (Lipinski definition) is 1. The van der Waals surface area contributed by atoms with Crippen LogP contribution in [0.3, 0.4) is 0 Å². The van der Waals surface area contributed by atoms with E-state index in [4.69, 9.17) is 4.74 Å². The summed E-state index contributed by atoms with van der Waals surface area (Å²) in [6, 6.07) is 7.48. The maximum absolute atomic E-state index is 12.3. The third-order valence-electron chi connectivity index (χ3n) is 3.57. The Kier molecular flexibility index (Phi) is 4.31. The maximum atomic E-state index is 12.3. The van der Waals surface area contributed by atoms with Crippen molar-refractivity contribution in [2.45, 2.75) is 32.3 Å². The minimum atomic E-state index is -0.112. The van der Waals surface area contributed by atoms with E-state index in [1.54, 1.807) is 18.4 Å². The highest BCUT2D eigenvalue weighted by Gasteiger charge is 2.16. The third kappa shape index (κ3) is 3.31. The molecule has 4 nitrogen and oxygen atoms in total. The molecular formula is C16H18N2O2S. The molecule has 1 heterocycles. The molecular weight excluding hydrogens is 284 g/mol. The van der Waals surface area contributed by atoms with Gasteiger partial charge < -0.3 is 4.74 Å². The summed E-state index contributed by atoms with van der Waals surface area (Å²) in [6.07, 6.45) is 4.54. The van der Waals surface area contributed by atoms with E-state index in [9.17, 15) is 4.79 Å². The van der Waals surface area contributed by atoms with Crippen LogP contribution in [0.25, 0.3) is 0 Å². The average molecular weight is 302 g/mol. The average Bonchev–Trinajstić information content (AvgIpc) is 2.90. The summed E-state index contributed by atoms with van der Waals surface area (Å²) in [5, 5.41) is 3.62. The number of carbonyl (C=O) groups excluding carboxylic acids is 1. The highest BCUT2D eigenvalue weighted by Crippen LogP contribution is 2.29. The molecule has 5 heteroatoms. The van der Waals surface area contributed by atoms with Crippen LogP contribution in [0, 0.1) is 0 Å². The number of nitrogens with zero attached hydrogens (tertiary/aromatic N) is 1. The van der Waals surface area contributed by atoms with Gasteiger partial charge in [-0.3, -0.25) is 10.1 Å². The molecule has 1 aromatic carbocycles. The fourth-order valence-electron chi connectivity index (χ4n) is 2.54. The number of ether oxygens (including phenoxy) is 1. The van der Waals surface area contributed by atoms with Crippen LogP contribution < -0.4 is 5.32 Å². The van der Waals surface area contributed by atoms with Crippen LogP contribution in [0.15, 0.2) is 24.3 Å². The van der Waals surface area contributed by atoms with Crippen molar-refractivity contribution >= 4 is 22.4 Å². The summed E-state index contributed by atoms with van der Waals surface area (Å²) < 4.78 is 5.09. The highest BCUT2D eigenvalue weighted by atomic mass is 32.1. The van der Waals surface area contributed by atoms with Gasteiger partial charge in [-0.1, -0.05) is 12.1 Å². The van der Waals surface area contributed by atoms with E-state index in [-0.39, 0.29) is 5.91 Å². The molecule has 0 radical (unpaired) electrons. The van der Waals surface area contributed by atoms with Gasteiger partial charge in [0, 0.05) is 17.6 Å². The van der Waals surface area contributed by atoms with E-state index in [0.717, 1.165) is 24.1 Å². The van der Waals surface area contributed by atoms with E-state index in [0.29, 0.717) is 17.3 Å². The summed E-state index contributed by atoms with van der Waals surface area (Å²) in [5.41, 5.74) is 2.79. The molecule has 21 heavy (non-hydrogen) atoms. The van der Waals surface area contributed by atoms with Crippen LogP contribution in [0.2, 0.25) is 0 Å². The van der Waals surface area contributed by atoms with E-state index in [1.807, 2.05) is 24.3 Å². The van der Waals surface area contributed by atoms with Crippen LogP contribution >= 0.6 is 11.3 Å². The largest absolute Gasteiger partial charge is 0.380 e. The number of anilines is 1. The number of thiazole rings is 1. The lowest BCUT2D eigenvalue weighted by Gasteiger charge is -2.06. The van der Waals surface area contributed by atoms with Crippen molar-refractivity contribution in [3.63, 3.8) is 0 Å². The number of nitrogens with one attached hydrogen (secondary N) is 1. The van der Waals surface area contributed by atoms with Crippen molar-refractivity contribution in [3.05, 3.63) is 46.0 Å². The van der Waals surface area contributed by atoms with Gasteiger partial charge in [-0.2, -0.15) is 0 Å². The monoisotopic (exact) mass is 302 g/mol. The van der Waals surface area contributed by atoms with Crippen molar-refractivity contribution in [2.75, 3.05) is 12.4 Å². The second-order valence-corrected chi connectivity index (χ2v) is 6.27. The Labute approximate surface area is 128 Å². The number of carbonyl (C=O) groups is 1. The number of hydrogen-bond acceptors (Lipinski definition) is 4. The van der Waals surface area contributed by atoms with Gasteiger partial charge in [-0.25, -0.2) is 4.98 Å². The number of aryl methyl sites for hydroxylation is 2. The highest BCUT2D eigenvalue weighted by molar-refractivity contribution is 7.15. The molecule has 1 amide bonds. The number of rotatable bonds is 4. The zero-order valence-electron chi connectivity index (χ0n) is 12.0. The molecule has 0 bridgehead atoms. The van der Waals surface area contributed by atoms with Crippen LogP contribution in [-0.2, 0) is 24.2 Å². The summed E-state index contributed by atoms with van der Waals surface area (Å²) in [7, 11) is 1.65. The predicted octanol–water partition coefficient (Wildman–Crippen LogP) is 3.42. The number of fused-ring (bicyclic) bond motifs is 1. The fraction of sp³-hybridized carbons (Fsp3) is 0.375. The van der Waals surface area contributed by atoms with Crippen LogP contribution in [-0.4, -0.2) is 18.0 Å². The molecule has 0 atom stereocenters. The molecule has 0 aliphatic heterocycles. The van der Waals surface area contributed by atoms with Gasteiger partial charge in [0.05, 0.1) is 12.3 Å². The number of benzene rings is 1. The first-order chi connectivity index (χ1) is 10.3. The van der Waals surface area contributed by atoms with Gasteiger partial charge in [0.15, 0.2) is 5.13 Å². The summed E-state index contributed by atoms with van der Waals surface area (Å²) >= 11 is 1.61. The molecule has 0 spiro atoms. The zero-order valence-corrected chi connectivity index (χ0v) is 12.8. The Morgan fingerprint density at radius 1 is 1.38 bits per heavy atom. The number of aromatic nitrogens is 1. The fourth-order valence-corrected chi connectivity index (χ4v) is 3.59. The predicted molar refractivity (Wildman–Crippen MR) is 83.9 cm³/mol. The van der Waals surface area contributed by atoms with Crippen molar-refractivity contribution in [3.8, 4) is 0 Å². The molecule has 2 aromatic rings. The molecule has 1 aliphatic rings. The Morgan fingerprint density at radius 2 is 2.24 bits per heavy atom. The second kappa shape index (κ2) is 6.37. The van der Waals surface area contributed by atoms with Gasteiger partial charge in [0.1, 0.15) is 0 Å². The molecule has 1 aromatic heterocycles. The Hall–Kier alpha value is -1.72. The first-order valence-electron chi connectivity index (χ1n) is 7.14. The van der Waals surface area contributed by atoms with Crippen molar-refractivity contribution in [1.29, 1.82) is 0 Å². The zero-order chi connectivity index (χ0) is 14.7. The summed E-state index contributed by atoms with van der Waals surface area (Å²) in [6.45, 7) is 0.507. The van der Waals surface area contributed by atoms with E-state index < -0.39 is 0 Å². The lowest BCUT2D eigenvalue weighted by molar-refractivity contribution is 0.102. The van der Waals surface area contributed by atoms with Crippen LogP contribution in [0.4, 0.5) is 5.13 Å². The van der Waals surface area contributed by atoms with Gasteiger partial charge in [0.25, 0.3) is 5.91 Å². The molecule has 0 saturated carbocycles. The van der Waals surface area contributed by atoms with Gasteiger partial charge in [0.2, 0.25) is 0 Å². The smallest absolute Gasteiger partial charge is 0.257 e. The van der Waals surface area contributed by atoms with Gasteiger partial charge in [-0.05, 0) is 43.4 Å². The van der Waals surface area contributed by atoms with E-state index in [1.165, 1.54) is 17.7 Å². The first kappa shape index (κ1) is 14.2. The lowest BCUT2D eigenvalue weighted by atomic mass is 10.0. The minimum absolute atomic E-state index is 0.112. The lowest BCUT2D eigenvalue weighted by Crippen LogP contribution is -2.12. The van der Waals surface area contributed by atoms with E-state index in [2.05, 4.69) is 10.3 Å². The number of methoxy groups -OCH3 is 1. The molecule has 0 saturated heterocycles. The Balaban J connectivity index is 1.73. The molecule has 1 N–H and O–H groups in total. The molecule has 110 valence electrons. The summed E-state index contributed by atoms with van der Waals surface area (Å²) in [4.78, 5) is 18.2. The normalized spacial score (nSPS) is 13.8. The first-order valence-corrected chi connectivity index (χ1v) is 7.96. The molecule has 1 aliphatic carbocycles. The van der Waals surface area contributed by atoms with Crippen LogP contribution in [0.5, 0.6) is 0 Å². The van der Waals surface area contributed by atoms with Gasteiger partial charge >= 0.3 is 0 Å². The minimum Gasteiger partial charge on any atom is -0.380 e. The number of amides is 1. The van der Waals surface area contributed by atoms with Crippen molar-refractivity contribution < 1.29 is 9.53 Å². The van der Waals surface area contributed by atoms with Crippen molar-refractivity contribution in [2.24, 2.45) is 0 Å². The third-order valence-corrected chi connectivity index (χ3v) is 4.64. The Bertz CT molecular complexity index is 628. The van der Waals surface area contributed by atoms with E-state index >= 15 is 0 Å².